The number of carboxylic acids is 1. The van der Waals surface area contributed by atoms with E-state index in [9.17, 15) is 9.90 Å². The van der Waals surface area contributed by atoms with Crippen LogP contribution in [-0.2, 0) is 22.5 Å². The van der Waals surface area contributed by atoms with Crippen LogP contribution in [0.4, 0.5) is 0 Å². The molecule has 108 valence electrons. The summed E-state index contributed by atoms with van der Waals surface area (Å²) in [7, 11) is 0. The highest BCUT2D eigenvalue weighted by molar-refractivity contribution is 5.74. The van der Waals surface area contributed by atoms with Gasteiger partial charge in [0, 0.05) is 13.1 Å². The quantitative estimate of drug-likeness (QED) is 0.917. The molecule has 2 unspecified atom stereocenters. The second kappa shape index (κ2) is 5.54. The summed E-state index contributed by atoms with van der Waals surface area (Å²) in [5, 5.41) is 9.48. The second-order valence-corrected chi connectivity index (χ2v) is 5.90. The summed E-state index contributed by atoms with van der Waals surface area (Å²) >= 11 is 0. The highest BCUT2D eigenvalue weighted by atomic mass is 16.5. The molecule has 3 atom stereocenters. The summed E-state index contributed by atoms with van der Waals surface area (Å²) in [6, 6.07) is 7.71. The molecule has 20 heavy (non-hydrogen) atoms. The van der Waals surface area contributed by atoms with Crippen molar-refractivity contribution in [2.75, 3.05) is 6.54 Å². The molecule has 3 rings (SSSR count). The van der Waals surface area contributed by atoms with E-state index in [2.05, 4.69) is 17.9 Å². The molecule has 0 radical (unpaired) electrons. The average Bonchev–Trinajstić information content (AvgIpc) is 2.83. The Hall–Kier alpha value is -1.39. The molecule has 1 aromatic rings. The number of benzene rings is 1. The molecule has 0 bridgehead atoms. The fourth-order valence-corrected chi connectivity index (χ4v) is 3.29. The van der Waals surface area contributed by atoms with Crippen molar-refractivity contribution in [2.24, 2.45) is 0 Å². The Bertz CT molecular complexity index is 502. The summed E-state index contributed by atoms with van der Waals surface area (Å²) in [5.41, 5.74) is 2.41. The van der Waals surface area contributed by atoms with E-state index in [0.29, 0.717) is 19.1 Å². The molecule has 0 spiro atoms. The first-order chi connectivity index (χ1) is 9.63. The van der Waals surface area contributed by atoms with Gasteiger partial charge in [-0.25, -0.2) is 0 Å². The van der Waals surface area contributed by atoms with Crippen LogP contribution in [0.15, 0.2) is 24.3 Å². The molecule has 0 aliphatic carbocycles. The zero-order chi connectivity index (χ0) is 14.1. The first-order valence-corrected chi connectivity index (χ1v) is 7.32. The third-order valence-corrected chi connectivity index (χ3v) is 4.39. The fourth-order valence-electron chi connectivity index (χ4n) is 3.29. The maximum Gasteiger partial charge on any atom is 0.321 e. The van der Waals surface area contributed by atoms with E-state index in [-0.39, 0.29) is 6.10 Å². The SMILES string of the molecule is CC1CCC(CN2Cc3ccccc3C[C@H]2C(=O)O)O1. The predicted molar refractivity (Wildman–Crippen MR) is 75.5 cm³/mol. The smallest absolute Gasteiger partial charge is 0.321 e. The Morgan fingerprint density at radius 1 is 1.35 bits per heavy atom. The van der Waals surface area contributed by atoms with Crippen molar-refractivity contribution in [1.82, 2.24) is 4.90 Å². The van der Waals surface area contributed by atoms with Crippen LogP contribution in [0.25, 0.3) is 0 Å². The van der Waals surface area contributed by atoms with Crippen LogP contribution in [0.1, 0.15) is 30.9 Å². The van der Waals surface area contributed by atoms with Gasteiger partial charge < -0.3 is 9.84 Å². The number of aliphatic carboxylic acids is 1. The van der Waals surface area contributed by atoms with Crippen molar-refractivity contribution in [3.63, 3.8) is 0 Å². The third-order valence-electron chi connectivity index (χ3n) is 4.39. The minimum absolute atomic E-state index is 0.178. The number of ether oxygens (including phenoxy) is 1. The lowest BCUT2D eigenvalue weighted by Crippen LogP contribution is -2.48. The molecular weight excluding hydrogens is 254 g/mol. The molecule has 1 aromatic carbocycles. The van der Waals surface area contributed by atoms with E-state index in [1.54, 1.807) is 0 Å². The van der Waals surface area contributed by atoms with E-state index >= 15 is 0 Å². The first-order valence-electron chi connectivity index (χ1n) is 7.32. The van der Waals surface area contributed by atoms with Gasteiger partial charge >= 0.3 is 5.97 Å². The standard InChI is InChI=1S/C16H21NO3/c1-11-6-7-14(20-11)10-17-9-13-5-3-2-4-12(13)8-15(17)16(18)19/h2-5,11,14-15H,6-10H2,1H3,(H,18,19)/t11?,14?,15-/m0/s1. The number of hydrogen-bond acceptors (Lipinski definition) is 3. The van der Waals surface area contributed by atoms with E-state index in [1.807, 2.05) is 18.2 Å². The zero-order valence-corrected chi connectivity index (χ0v) is 11.8. The highest BCUT2D eigenvalue weighted by Crippen LogP contribution is 2.26. The molecule has 1 N–H and O–H groups in total. The summed E-state index contributed by atoms with van der Waals surface area (Å²) in [6.07, 6.45) is 3.18. The van der Waals surface area contributed by atoms with Gasteiger partial charge in [0.25, 0.3) is 0 Å². The van der Waals surface area contributed by atoms with E-state index < -0.39 is 12.0 Å². The minimum Gasteiger partial charge on any atom is -0.480 e. The monoisotopic (exact) mass is 275 g/mol. The van der Waals surface area contributed by atoms with Gasteiger partial charge in [-0.1, -0.05) is 24.3 Å². The average molecular weight is 275 g/mol. The van der Waals surface area contributed by atoms with E-state index in [1.165, 1.54) is 5.56 Å². The molecule has 0 amide bonds. The van der Waals surface area contributed by atoms with Crippen LogP contribution in [0, 0.1) is 0 Å². The van der Waals surface area contributed by atoms with Crippen LogP contribution in [0.2, 0.25) is 0 Å². The fraction of sp³-hybridized carbons (Fsp3) is 0.562. The van der Waals surface area contributed by atoms with Gasteiger partial charge in [0.15, 0.2) is 0 Å². The summed E-state index contributed by atoms with van der Waals surface area (Å²) in [5.74, 6) is -0.731. The predicted octanol–water partition coefficient (Wildman–Crippen LogP) is 2.07. The van der Waals surface area contributed by atoms with Gasteiger partial charge in [0.1, 0.15) is 6.04 Å². The minimum atomic E-state index is -0.731. The topological polar surface area (TPSA) is 49.8 Å². The van der Waals surface area contributed by atoms with Crippen molar-refractivity contribution in [2.45, 2.75) is 51.0 Å². The van der Waals surface area contributed by atoms with E-state index in [4.69, 9.17) is 4.74 Å². The van der Waals surface area contributed by atoms with Gasteiger partial charge in [-0.15, -0.1) is 0 Å². The van der Waals surface area contributed by atoms with Gasteiger partial charge in [0.2, 0.25) is 0 Å². The number of nitrogens with zero attached hydrogens (tertiary/aromatic N) is 1. The lowest BCUT2D eigenvalue weighted by Gasteiger charge is -2.35. The second-order valence-electron chi connectivity index (χ2n) is 5.90. The number of hydrogen-bond donors (Lipinski definition) is 1. The number of fused-ring (bicyclic) bond motifs is 1. The van der Waals surface area contributed by atoms with Crippen molar-refractivity contribution in [1.29, 1.82) is 0 Å². The van der Waals surface area contributed by atoms with Gasteiger partial charge in [-0.3, -0.25) is 9.69 Å². The number of rotatable bonds is 3. The lowest BCUT2D eigenvalue weighted by molar-refractivity contribution is -0.144. The van der Waals surface area contributed by atoms with Gasteiger partial charge in [-0.2, -0.15) is 0 Å². The van der Waals surface area contributed by atoms with Gasteiger partial charge in [-0.05, 0) is 37.3 Å². The van der Waals surface area contributed by atoms with Crippen molar-refractivity contribution >= 4 is 5.97 Å². The van der Waals surface area contributed by atoms with Crippen LogP contribution >= 0.6 is 0 Å². The number of carboxylic acid groups (broad SMARTS) is 1. The molecule has 2 aliphatic heterocycles. The molecule has 4 nitrogen and oxygen atoms in total. The molecule has 2 aliphatic rings. The van der Waals surface area contributed by atoms with Crippen LogP contribution in [-0.4, -0.2) is 40.8 Å². The number of carbonyl (C=O) groups is 1. The van der Waals surface area contributed by atoms with E-state index in [0.717, 1.165) is 24.9 Å². The van der Waals surface area contributed by atoms with Crippen molar-refractivity contribution < 1.29 is 14.6 Å². The highest BCUT2D eigenvalue weighted by Gasteiger charge is 2.34. The Morgan fingerprint density at radius 3 is 2.75 bits per heavy atom. The van der Waals surface area contributed by atoms with Crippen LogP contribution < -0.4 is 0 Å². The molecule has 1 saturated heterocycles. The molecule has 0 saturated carbocycles. The first kappa shape index (κ1) is 13.6. The molecule has 0 aromatic heterocycles. The van der Waals surface area contributed by atoms with Crippen LogP contribution in [0.3, 0.4) is 0 Å². The largest absolute Gasteiger partial charge is 0.480 e. The Kier molecular flexibility index (Phi) is 3.76. The third kappa shape index (κ3) is 2.72. The van der Waals surface area contributed by atoms with Crippen molar-refractivity contribution in [3.05, 3.63) is 35.4 Å². The molecule has 1 fully saturated rings. The molecule has 2 heterocycles. The summed E-state index contributed by atoms with van der Waals surface area (Å²) in [4.78, 5) is 13.6. The van der Waals surface area contributed by atoms with Crippen LogP contribution in [0.5, 0.6) is 0 Å². The summed E-state index contributed by atoms with van der Waals surface area (Å²) < 4.78 is 5.85. The Labute approximate surface area is 119 Å². The normalized spacial score (nSPS) is 30.1. The zero-order valence-electron chi connectivity index (χ0n) is 11.8. The maximum absolute atomic E-state index is 11.5. The van der Waals surface area contributed by atoms with Gasteiger partial charge in [0.05, 0.1) is 12.2 Å². The Morgan fingerprint density at radius 2 is 2.10 bits per heavy atom. The lowest BCUT2D eigenvalue weighted by atomic mass is 9.93. The Balaban J connectivity index is 1.76. The summed E-state index contributed by atoms with van der Waals surface area (Å²) in [6.45, 7) is 3.51. The molecule has 4 heteroatoms. The van der Waals surface area contributed by atoms with Crippen molar-refractivity contribution in [3.8, 4) is 0 Å². The molecular formula is C16H21NO3. The maximum atomic E-state index is 11.5.